The van der Waals surface area contributed by atoms with Crippen molar-refractivity contribution in [2.75, 3.05) is 13.6 Å². The Morgan fingerprint density at radius 3 is 3.00 bits per heavy atom. The summed E-state index contributed by atoms with van der Waals surface area (Å²) in [5.74, 6) is 0. The first-order valence-electron chi connectivity index (χ1n) is 5.22. The van der Waals surface area contributed by atoms with Crippen LogP contribution in [0, 0.1) is 0 Å². The lowest BCUT2D eigenvalue weighted by atomic mass is 10.2. The molecular formula is C12H15BrN2. The largest absolute Gasteiger partial charge is 0.358 e. The first-order chi connectivity index (χ1) is 7.31. The molecule has 2 rings (SSSR count). The van der Waals surface area contributed by atoms with Crippen molar-refractivity contribution >= 4 is 26.8 Å². The van der Waals surface area contributed by atoms with Crippen LogP contribution >= 0.6 is 15.9 Å². The predicted octanol–water partition coefficient (Wildman–Crippen LogP) is 3.08. The first kappa shape index (κ1) is 10.7. The van der Waals surface area contributed by atoms with E-state index in [2.05, 4.69) is 50.5 Å². The summed E-state index contributed by atoms with van der Waals surface area (Å²) < 4.78 is 1.16. The lowest BCUT2D eigenvalue weighted by Gasteiger charge is -1.96. The zero-order valence-electron chi connectivity index (χ0n) is 8.81. The van der Waals surface area contributed by atoms with E-state index >= 15 is 0 Å². The Morgan fingerprint density at radius 1 is 1.40 bits per heavy atom. The molecule has 3 heteroatoms. The van der Waals surface area contributed by atoms with E-state index in [1.165, 1.54) is 23.0 Å². The third-order valence-corrected chi connectivity index (χ3v) is 3.23. The normalized spacial score (nSPS) is 11.1. The lowest BCUT2D eigenvalue weighted by molar-refractivity contribution is 0.718. The van der Waals surface area contributed by atoms with Crippen LogP contribution < -0.4 is 5.32 Å². The van der Waals surface area contributed by atoms with Gasteiger partial charge in [-0.25, -0.2) is 0 Å². The second kappa shape index (κ2) is 4.81. The van der Waals surface area contributed by atoms with Gasteiger partial charge in [-0.3, -0.25) is 0 Å². The smallest absolute Gasteiger partial charge is 0.0467 e. The van der Waals surface area contributed by atoms with Crippen LogP contribution in [0.3, 0.4) is 0 Å². The molecule has 0 saturated heterocycles. The Morgan fingerprint density at radius 2 is 2.27 bits per heavy atom. The van der Waals surface area contributed by atoms with E-state index in [-0.39, 0.29) is 0 Å². The summed E-state index contributed by atoms with van der Waals surface area (Å²) in [6.45, 7) is 1.07. The highest BCUT2D eigenvalue weighted by molar-refractivity contribution is 9.10. The Hall–Kier alpha value is -0.800. The van der Waals surface area contributed by atoms with E-state index < -0.39 is 0 Å². The molecule has 1 aromatic heterocycles. The number of hydrogen-bond acceptors (Lipinski definition) is 1. The molecule has 0 aliphatic heterocycles. The summed E-state index contributed by atoms with van der Waals surface area (Å²) >= 11 is 3.56. The molecule has 2 aromatic rings. The molecule has 0 bridgehead atoms. The second-order valence-corrected chi connectivity index (χ2v) is 4.56. The van der Waals surface area contributed by atoms with E-state index in [1.807, 2.05) is 7.05 Å². The van der Waals surface area contributed by atoms with Gasteiger partial charge in [-0.05, 0) is 44.6 Å². The predicted molar refractivity (Wildman–Crippen MR) is 68.2 cm³/mol. The summed E-state index contributed by atoms with van der Waals surface area (Å²) in [5, 5.41) is 4.43. The lowest BCUT2D eigenvalue weighted by Crippen LogP contribution is -2.08. The Bertz CT molecular complexity index is 448. The van der Waals surface area contributed by atoms with E-state index in [9.17, 15) is 0 Å². The first-order valence-corrected chi connectivity index (χ1v) is 6.01. The van der Waals surface area contributed by atoms with Crippen molar-refractivity contribution in [3.63, 3.8) is 0 Å². The summed E-state index contributed by atoms with van der Waals surface area (Å²) in [6.07, 6.45) is 2.27. The van der Waals surface area contributed by atoms with Crippen molar-refractivity contribution in [3.05, 3.63) is 34.4 Å². The highest BCUT2D eigenvalue weighted by Gasteiger charge is 2.02. The third kappa shape index (κ3) is 2.41. The van der Waals surface area contributed by atoms with Crippen LogP contribution in [0.5, 0.6) is 0 Å². The van der Waals surface area contributed by atoms with Gasteiger partial charge in [0.25, 0.3) is 0 Å². The fraction of sp³-hybridized carbons (Fsp3) is 0.333. The number of fused-ring (bicyclic) bond motifs is 1. The number of aromatic nitrogens is 1. The molecule has 2 nitrogen and oxygen atoms in total. The van der Waals surface area contributed by atoms with Gasteiger partial charge in [0.05, 0.1) is 0 Å². The second-order valence-electron chi connectivity index (χ2n) is 3.70. The number of aromatic amines is 1. The highest BCUT2D eigenvalue weighted by Crippen LogP contribution is 2.24. The van der Waals surface area contributed by atoms with Gasteiger partial charge in [0.15, 0.2) is 0 Å². The van der Waals surface area contributed by atoms with Gasteiger partial charge in [-0.2, -0.15) is 0 Å². The minimum atomic E-state index is 1.07. The zero-order chi connectivity index (χ0) is 10.7. The van der Waals surface area contributed by atoms with Gasteiger partial charge in [0, 0.05) is 21.1 Å². The van der Waals surface area contributed by atoms with Gasteiger partial charge in [-0.15, -0.1) is 0 Å². The van der Waals surface area contributed by atoms with Gasteiger partial charge in [-0.1, -0.05) is 22.0 Å². The van der Waals surface area contributed by atoms with Crippen molar-refractivity contribution < 1.29 is 0 Å². The Balaban J connectivity index is 2.20. The third-order valence-electron chi connectivity index (χ3n) is 2.54. The molecule has 1 aromatic carbocycles. The molecule has 0 unspecified atom stereocenters. The van der Waals surface area contributed by atoms with Crippen LogP contribution in [0.2, 0.25) is 0 Å². The molecule has 0 radical (unpaired) electrons. The number of aryl methyl sites for hydroxylation is 1. The summed E-state index contributed by atoms with van der Waals surface area (Å²) in [4.78, 5) is 3.44. The maximum Gasteiger partial charge on any atom is 0.0467 e. The SMILES string of the molecule is CNCCCc1cc2c(Br)cccc2[nH]1. The van der Waals surface area contributed by atoms with Gasteiger partial charge < -0.3 is 10.3 Å². The van der Waals surface area contributed by atoms with Crippen LogP contribution in [0.4, 0.5) is 0 Å². The van der Waals surface area contributed by atoms with Crippen molar-refractivity contribution in [2.24, 2.45) is 0 Å². The molecular weight excluding hydrogens is 252 g/mol. The maximum atomic E-state index is 3.56. The Labute approximate surface area is 98.2 Å². The topological polar surface area (TPSA) is 27.8 Å². The number of nitrogens with one attached hydrogen (secondary N) is 2. The quantitative estimate of drug-likeness (QED) is 0.818. The Kier molecular flexibility index (Phi) is 3.44. The molecule has 1 heterocycles. The molecule has 0 aliphatic rings. The van der Waals surface area contributed by atoms with Gasteiger partial charge in [0.2, 0.25) is 0 Å². The van der Waals surface area contributed by atoms with Gasteiger partial charge >= 0.3 is 0 Å². The van der Waals surface area contributed by atoms with Crippen molar-refractivity contribution in [3.8, 4) is 0 Å². The van der Waals surface area contributed by atoms with Crippen LogP contribution in [0.1, 0.15) is 12.1 Å². The van der Waals surface area contributed by atoms with Crippen molar-refractivity contribution in [1.29, 1.82) is 0 Å². The fourth-order valence-electron chi connectivity index (χ4n) is 1.77. The number of hydrogen-bond donors (Lipinski definition) is 2. The van der Waals surface area contributed by atoms with Crippen LogP contribution in [-0.4, -0.2) is 18.6 Å². The molecule has 0 fully saturated rings. The van der Waals surface area contributed by atoms with Crippen molar-refractivity contribution in [1.82, 2.24) is 10.3 Å². The molecule has 0 amide bonds. The zero-order valence-corrected chi connectivity index (χ0v) is 10.4. The standard InChI is InChI=1S/C12H15BrN2/c1-14-7-3-4-9-8-10-11(13)5-2-6-12(10)15-9/h2,5-6,8,14-15H,3-4,7H2,1H3. The molecule has 0 saturated carbocycles. The van der Waals surface area contributed by atoms with E-state index in [4.69, 9.17) is 0 Å². The number of H-pyrrole nitrogens is 1. The minimum absolute atomic E-state index is 1.07. The van der Waals surface area contributed by atoms with Crippen LogP contribution in [0.25, 0.3) is 10.9 Å². The molecule has 15 heavy (non-hydrogen) atoms. The summed E-state index contributed by atoms with van der Waals surface area (Å²) in [6, 6.07) is 8.48. The number of benzene rings is 1. The molecule has 0 spiro atoms. The summed E-state index contributed by atoms with van der Waals surface area (Å²) in [7, 11) is 1.99. The molecule has 0 atom stereocenters. The highest BCUT2D eigenvalue weighted by atomic mass is 79.9. The molecule has 80 valence electrons. The average Bonchev–Trinajstić information content (AvgIpc) is 2.63. The molecule has 2 N–H and O–H groups in total. The van der Waals surface area contributed by atoms with Gasteiger partial charge in [0.1, 0.15) is 0 Å². The summed E-state index contributed by atoms with van der Waals surface area (Å²) in [5.41, 5.74) is 2.52. The molecule has 0 aliphatic carbocycles. The van der Waals surface area contributed by atoms with E-state index in [0.717, 1.165) is 17.4 Å². The van der Waals surface area contributed by atoms with Crippen LogP contribution in [0.15, 0.2) is 28.7 Å². The fourth-order valence-corrected chi connectivity index (χ4v) is 2.25. The maximum absolute atomic E-state index is 3.56. The average molecular weight is 267 g/mol. The van der Waals surface area contributed by atoms with Crippen molar-refractivity contribution in [2.45, 2.75) is 12.8 Å². The van der Waals surface area contributed by atoms with E-state index in [1.54, 1.807) is 0 Å². The van der Waals surface area contributed by atoms with Crippen LogP contribution in [-0.2, 0) is 6.42 Å². The number of halogens is 1. The van der Waals surface area contributed by atoms with E-state index in [0.29, 0.717) is 0 Å². The number of rotatable bonds is 4. The monoisotopic (exact) mass is 266 g/mol. The minimum Gasteiger partial charge on any atom is -0.358 e.